The van der Waals surface area contributed by atoms with Gasteiger partial charge < -0.3 is 24.1 Å². The van der Waals surface area contributed by atoms with Gasteiger partial charge in [-0.15, -0.1) is 0 Å². The minimum atomic E-state index is -0.797. The summed E-state index contributed by atoms with van der Waals surface area (Å²) < 4.78 is 21.7. The Morgan fingerprint density at radius 3 is 2.13 bits per heavy atom. The Balaban J connectivity index is 2.31. The van der Waals surface area contributed by atoms with Crippen LogP contribution in [-0.2, 0) is 4.74 Å². The first kappa shape index (κ1) is 15.6. The molecule has 5 nitrogen and oxygen atoms in total. The molecular formula is C18H20O5. The zero-order valence-corrected chi connectivity index (χ0v) is 13.6. The van der Waals surface area contributed by atoms with E-state index in [2.05, 4.69) is 0 Å². The first-order chi connectivity index (χ1) is 11.1. The topological polar surface area (TPSA) is 57.2 Å². The fraction of sp³-hybridized carbons (Fsp3) is 0.333. The zero-order chi connectivity index (χ0) is 16.6. The molecule has 0 saturated carbocycles. The average molecular weight is 316 g/mol. The maximum absolute atomic E-state index is 10.8. The number of aliphatic hydroxyl groups is 1. The lowest BCUT2D eigenvalue weighted by Gasteiger charge is -2.33. The third kappa shape index (κ3) is 2.42. The Morgan fingerprint density at radius 2 is 1.52 bits per heavy atom. The Hall–Kier alpha value is -2.24. The highest BCUT2D eigenvalue weighted by Crippen LogP contribution is 2.51. The van der Waals surface area contributed by atoms with Crippen molar-refractivity contribution in [2.24, 2.45) is 0 Å². The molecule has 3 rings (SSSR count). The number of hydrogen-bond acceptors (Lipinski definition) is 5. The van der Waals surface area contributed by atoms with Crippen molar-refractivity contribution in [1.29, 1.82) is 0 Å². The molecular weight excluding hydrogens is 296 g/mol. The van der Waals surface area contributed by atoms with Crippen molar-refractivity contribution in [1.82, 2.24) is 0 Å². The number of ether oxygens (including phenoxy) is 4. The molecule has 0 saturated heterocycles. The summed E-state index contributed by atoms with van der Waals surface area (Å²) in [6.45, 7) is 0. The molecule has 1 N–H and O–H groups in total. The monoisotopic (exact) mass is 316 g/mol. The van der Waals surface area contributed by atoms with E-state index in [1.54, 1.807) is 28.4 Å². The van der Waals surface area contributed by atoms with Crippen LogP contribution in [0.1, 0.15) is 23.3 Å². The predicted octanol–water partition coefficient (Wildman–Crippen LogP) is 3.11. The van der Waals surface area contributed by atoms with Crippen LogP contribution in [0.2, 0.25) is 0 Å². The first-order valence-electron chi connectivity index (χ1n) is 7.29. The van der Waals surface area contributed by atoms with E-state index in [1.165, 1.54) is 0 Å². The molecule has 2 unspecified atom stereocenters. The van der Waals surface area contributed by atoms with Crippen LogP contribution >= 0.6 is 0 Å². The van der Waals surface area contributed by atoms with E-state index in [4.69, 9.17) is 18.9 Å². The quantitative estimate of drug-likeness (QED) is 0.939. The highest BCUT2D eigenvalue weighted by atomic mass is 16.5. The van der Waals surface area contributed by atoms with Crippen molar-refractivity contribution in [3.8, 4) is 28.4 Å². The van der Waals surface area contributed by atoms with Gasteiger partial charge in [0.15, 0.2) is 0 Å². The lowest BCUT2D eigenvalue weighted by Crippen LogP contribution is -2.20. The first-order valence-corrected chi connectivity index (χ1v) is 7.29. The number of rotatable bonds is 4. The van der Waals surface area contributed by atoms with Gasteiger partial charge in [0.2, 0.25) is 0 Å². The average Bonchev–Trinajstić information content (AvgIpc) is 2.60. The molecule has 0 aromatic heterocycles. The van der Waals surface area contributed by atoms with Gasteiger partial charge in [0.25, 0.3) is 0 Å². The second kappa shape index (κ2) is 6.10. The van der Waals surface area contributed by atoms with Crippen molar-refractivity contribution >= 4 is 0 Å². The number of methoxy groups -OCH3 is 4. The molecule has 0 aliphatic heterocycles. The third-order valence-corrected chi connectivity index (χ3v) is 4.26. The highest BCUT2D eigenvalue weighted by Gasteiger charge is 2.35. The van der Waals surface area contributed by atoms with Crippen LogP contribution < -0.4 is 14.2 Å². The third-order valence-electron chi connectivity index (χ3n) is 4.26. The van der Waals surface area contributed by atoms with E-state index >= 15 is 0 Å². The van der Waals surface area contributed by atoms with Crippen LogP contribution in [0.3, 0.4) is 0 Å². The van der Waals surface area contributed by atoms with Gasteiger partial charge >= 0.3 is 0 Å². The van der Waals surface area contributed by atoms with E-state index in [9.17, 15) is 5.11 Å². The van der Waals surface area contributed by atoms with E-state index in [1.807, 2.05) is 30.3 Å². The molecule has 2 atom stereocenters. The Labute approximate surface area is 135 Å². The van der Waals surface area contributed by atoms with Gasteiger partial charge in [0, 0.05) is 18.7 Å². The Morgan fingerprint density at radius 1 is 0.826 bits per heavy atom. The van der Waals surface area contributed by atoms with Gasteiger partial charge in [0.1, 0.15) is 29.5 Å². The molecule has 1 aliphatic carbocycles. The lowest BCUT2D eigenvalue weighted by atomic mass is 9.81. The van der Waals surface area contributed by atoms with Crippen LogP contribution in [-0.4, -0.2) is 33.5 Å². The summed E-state index contributed by atoms with van der Waals surface area (Å²) in [7, 11) is 6.39. The van der Waals surface area contributed by atoms with Gasteiger partial charge in [-0.3, -0.25) is 0 Å². The summed E-state index contributed by atoms with van der Waals surface area (Å²) in [6.07, 6.45) is -1.30. The standard InChI is InChI=1S/C18H20O5/c1-20-10-5-6-12-13(7-10)17(19)18(23-4)14-8-11(21-2)9-15(22-3)16(12)14/h5-9,17-19H,1-4H3. The maximum Gasteiger partial charge on any atom is 0.130 e. The van der Waals surface area contributed by atoms with Crippen LogP contribution in [0.4, 0.5) is 0 Å². The largest absolute Gasteiger partial charge is 0.497 e. The van der Waals surface area contributed by atoms with Crippen molar-refractivity contribution < 1.29 is 24.1 Å². The van der Waals surface area contributed by atoms with Gasteiger partial charge in [0.05, 0.1) is 21.3 Å². The van der Waals surface area contributed by atoms with E-state index in [-0.39, 0.29) is 0 Å². The molecule has 2 aromatic carbocycles. The van der Waals surface area contributed by atoms with E-state index < -0.39 is 12.2 Å². The molecule has 23 heavy (non-hydrogen) atoms. The molecule has 1 aliphatic rings. The minimum absolute atomic E-state index is 0.506. The van der Waals surface area contributed by atoms with Crippen molar-refractivity contribution in [2.45, 2.75) is 12.2 Å². The van der Waals surface area contributed by atoms with Crippen molar-refractivity contribution in [3.05, 3.63) is 41.5 Å². The molecule has 2 aromatic rings. The summed E-state index contributed by atoms with van der Waals surface area (Å²) in [5.74, 6) is 2.03. The van der Waals surface area contributed by atoms with Crippen LogP contribution in [0.5, 0.6) is 17.2 Å². The fourth-order valence-corrected chi connectivity index (χ4v) is 3.13. The summed E-state index contributed by atoms with van der Waals surface area (Å²) in [5.41, 5.74) is 3.41. The molecule has 0 bridgehead atoms. The van der Waals surface area contributed by atoms with E-state index in [0.717, 1.165) is 22.3 Å². The predicted molar refractivity (Wildman–Crippen MR) is 86.2 cm³/mol. The Bertz CT molecular complexity index is 726. The number of fused-ring (bicyclic) bond motifs is 3. The van der Waals surface area contributed by atoms with E-state index in [0.29, 0.717) is 17.2 Å². The number of benzene rings is 2. The summed E-state index contributed by atoms with van der Waals surface area (Å²) in [5, 5.41) is 10.8. The number of aliphatic hydroxyl groups excluding tert-OH is 1. The summed E-state index contributed by atoms with van der Waals surface area (Å²) in [6, 6.07) is 9.33. The van der Waals surface area contributed by atoms with Crippen LogP contribution in [0.15, 0.2) is 30.3 Å². The fourth-order valence-electron chi connectivity index (χ4n) is 3.13. The number of hydrogen-bond donors (Lipinski definition) is 1. The second-order valence-corrected chi connectivity index (χ2v) is 5.35. The smallest absolute Gasteiger partial charge is 0.130 e. The van der Waals surface area contributed by atoms with Gasteiger partial charge in [-0.05, 0) is 34.9 Å². The molecule has 0 heterocycles. The molecule has 0 fully saturated rings. The Kier molecular flexibility index (Phi) is 4.15. The van der Waals surface area contributed by atoms with Crippen molar-refractivity contribution in [2.75, 3.05) is 28.4 Å². The van der Waals surface area contributed by atoms with Gasteiger partial charge in [-0.2, -0.15) is 0 Å². The van der Waals surface area contributed by atoms with Gasteiger partial charge in [-0.25, -0.2) is 0 Å². The molecule has 0 amide bonds. The van der Waals surface area contributed by atoms with Crippen LogP contribution in [0.25, 0.3) is 11.1 Å². The highest BCUT2D eigenvalue weighted by molar-refractivity contribution is 5.81. The lowest BCUT2D eigenvalue weighted by molar-refractivity contribution is -0.0164. The summed E-state index contributed by atoms with van der Waals surface area (Å²) in [4.78, 5) is 0. The SMILES string of the molecule is COc1ccc2c(c1)C(O)C(OC)c1cc(OC)cc(OC)c1-2. The molecule has 5 heteroatoms. The minimum Gasteiger partial charge on any atom is -0.497 e. The normalized spacial score (nSPS) is 18.8. The maximum atomic E-state index is 10.8. The molecule has 122 valence electrons. The summed E-state index contributed by atoms with van der Waals surface area (Å²) >= 11 is 0. The van der Waals surface area contributed by atoms with Crippen LogP contribution in [0, 0.1) is 0 Å². The zero-order valence-electron chi connectivity index (χ0n) is 13.6. The molecule has 0 radical (unpaired) electrons. The second-order valence-electron chi connectivity index (χ2n) is 5.35. The van der Waals surface area contributed by atoms with Gasteiger partial charge in [-0.1, -0.05) is 6.07 Å². The molecule has 0 spiro atoms. The van der Waals surface area contributed by atoms with Crippen molar-refractivity contribution in [3.63, 3.8) is 0 Å².